The Balaban J connectivity index is 1.37. The van der Waals surface area contributed by atoms with E-state index in [9.17, 15) is 9.18 Å². The molecule has 0 saturated carbocycles. The zero-order valence-corrected chi connectivity index (χ0v) is 16.3. The SMILES string of the molecule is O=C(Nc1cccc(CNc2cc(N3CCOCC3)ncn2)c1)c1ccc(F)cc1. The lowest BCUT2D eigenvalue weighted by Gasteiger charge is -2.27. The van der Waals surface area contributed by atoms with Gasteiger partial charge in [0.2, 0.25) is 0 Å². The average Bonchev–Trinajstić information content (AvgIpc) is 2.79. The fourth-order valence-electron chi connectivity index (χ4n) is 3.17. The van der Waals surface area contributed by atoms with Crippen molar-refractivity contribution in [2.75, 3.05) is 41.8 Å². The van der Waals surface area contributed by atoms with Crippen LogP contribution in [0.3, 0.4) is 0 Å². The van der Waals surface area contributed by atoms with Crippen molar-refractivity contribution in [1.82, 2.24) is 9.97 Å². The number of carbonyl (C=O) groups excluding carboxylic acids is 1. The van der Waals surface area contributed by atoms with Gasteiger partial charge >= 0.3 is 0 Å². The number of benzene rings is 2. The monoisotopic (exact) mass is 407 g/mol. The Kier molecular flexibility index (Phi) is 6.14. The van der Waals surface area contributed by atoms with Crippen LogP contribution in [-0.4, -0.2) is 42.2 Å². The molecule has 1 aromatic heterocycles. The molecule has 0 atom stereocenters. The van der Waals surface area contributed by atoms with Crippen molar-refractivity contribution in [1.29, 1.82) is 0 Å². The van der Waals surface area contributed by atoms with Crippen LogP contribution in [0.5, 0.6) is 0 Å². The molecule has 2 N–H and O–H groups in total. The molecule has 0 bridgehead atoms. The molecular formula is C22H22FN5O2. The predicted octanol–water partition coefficient (Wildman–Crippen LogP) is 3.32. The zero-order chi connectivity index (χ0) is 20.8. The van der Waals surface area contributed by atoms with Crippen LogP contribution in [0.25, 0.3) is 0 Å². The van der Waals surface area contributed by atoms with Crippen molar-refractivity contribution in [2.45, 2.75) is 6.54 Å². The molecule has 3 aromatic rings. The van der Waals surface area contributed by atoms with Crippen LogP contribution in [0.1, 0.15) is 15.9 Å². The number of nitrogens with zero attached hydrogens (tertiary/aromatic N) is 3. The second kappa shape index (κ2) is 9.32. The Hall–Kier alpha value is -3.52. The molecule has 1 saturated heterocycles. The summed E-state index contributed by atoms with van der Waals surface area (Å²) in [6.45, 7) is 3.56. The molecule has 0 spiro atoms. The number of morpholine rings is 1. The molecule has 0 unspecified atom stereocenters. The number of halogens is 1. The third-order valence-corrected chi connectivity index (χ3v) is 4.75. The minimum Gasteiger partial charge on any atom is -0.378 e. The van der Waals surface area contributed by atoms with Gasteiger partial charge in [0.15, 0.2) is 0 Å². The van der Waals surface area contributed by atoms with Crippen LogP contribution < -0.4 is 15.5 Å². The predicted molar refractivity (Wildman–Crippen MR) is 113 cm³/mol. The van der Waals surface area contributed by atoms with Gasteiger partial charge in [-0.15, -0.1) is 0 Å². The maximum absolute atomic E-state index is 13.0. The van der Waals surface area contributed by atoms with Crippen LogP contribution in [0, 0.1) is 5.82 Å². The number of anilines is 3. The van der Waals surface area contributed by atoms with Crippen LogP contribution in [-0.2, 0) is 11.3 Å². The fraction of sp³-hybridized carbons (Fsp3) is 0.227. The first-order valence-electron chi connectivity index (χ1n) is 9.72. The minimum absolute atomic E-state index is 0.286. The smallest absolute Gasteiger partial charge is 0.255 e. The van der Waals surface area contributed by atoms with Gasteiger partial charge in [-0.2, -0.15) is 0 Å². The van der Waals surface area contributed by atoms with Crippen molar-refractivity contribution < 1.29 is 13.9 Å². The molecule has 2 heterocycles. The standard InChI is InChI=1S/C22H22FN5O2/c23-18-6-4-17(5-7-18)22(29)27-19-3-1-2-16(12-19)14-24-20-13-21(26-15-25-20)28-8-10-30-11-9-28/h1-7,12-13,15H,8-11,14H2,(H,27,29)(H,24,25,26). The molecule has 0 aliphatic carbocycles. The summed E-state index contributed by atoms with van der Waals surface area (Å²) < 4.78 is 18.4. The second-order valence-corrected chi connectivity index (χ2v) is 6.88. The summed E-state index contributed by atoms with van der Waals surface area (Å²) in [5.74, 6) is 0.940. The Morgan fingerprint density at radius 2 is 1.87 bits per heavy atom. The topological polar surface area (TPSA) is 79.4 Å². The summed E-state index contributed by atoms with van der Waals surface area (Å²) in [7, 11) is 0. The van der Waals surface area contributed by atoms with Crippen LogP contribution >= 0.6 is 0 Å². The highest BCUT2D eigenvalue weighted by Crippen LogP contribution is 2.17. The number of nitrogens with one attached hydrogen (secondary N) is 2. The Labute approximate surface area is 173 Å². The first-order valence-corrected chi connectivity index (χ1v) is 9.72. The van der Waals surface area contributed by atoms with E-state index in [1.807, 2.05) is 30.3 Å². The Bertz CT molecular complexity index is 1010. The summed E-state index contributed by atoms with van der Waals surface area (Å²) in [5, 5.41) is 6.13. The van der Waals surface area contributed by atoms with Crippen LogP contribution in [0.15, 0.2) is 60.9 Å². The van der Waals surface area contributed by atoms with E-state index < -0.39 is 0 Å². The van der Waals surface area contributed by atoms with E-state index in [0.717, 1.165) is 30.3 Å². The number of amides is 1. The third kappa shape index (κ3) is 5.09. The maximum Gasteiger partial charge on any atom is 0.255 e. The lowest BCUT2D eigenvalue weighted by Crippen LogP contribution is -2.36. The van der Waals surface area contributed by atoms with Crippen molar-refractivity contribution in [3.8, 4) is 0 Å². The van der Waals surface area contributed by atoms with Gasteiger partial charge in [0.25, 0.3) is 5.91 Å². The summed E-state index contributed by atoms with van der Waals surface area (Å²) in [4.78, 5) is 23.1. The van der Waals surface area contributed by atoms with Crippen LogP contribution in [0.4, 0.5) is 21.7 Å². The van der Waals surface area contributed by atoms with Crippen molar-refractivity contribution in [2.24, 2.45) is 0 Å². The van der Waals surface area contributed by atoms with Gasteiger partial charge in [-0.25, -0.2) is 14.4 Å². The Morgan fingerprint density at radius 3 is 2.67 bits per heavy atom. The summed E-state index contributed by atoms with van der Waals surface area (Å²) in [6.07, 6.45) is 1.55. The van der Waals surface area contributed by atoms with Gasteiger partial charge in [0, 0.05) is 37.0 Å². The van der Waals surface area contributed by atoms with Gasteiger partial charge in [-0.05, 0) is 42.0 Å². The average molecular weight is 407 g/mol. The fourth-order valence-corrected chi connectivity index (χ4v) is 3.17. The van der Waals surface area contributed by atoms with E-state index in [1.165, 1.54) is 24.3 Å². The van der Waals surface area contributed by atoms with Gasteiger partial charge in [-0.3, -0.25) is 4.79 Å². The number of ether oxygens (including phenoxy) is 1. The lowest BCUT2D eigenvalue weighted by molar-refractivity contribution is 0.102. The largest absolute Gasteiger partial charge is 0.378 e. The summed E-state index contributed by atoms with van der Waals surface area (Å²) >= 11 is 0. The first kappa shape index (κ1) is 19.8. The lowest BCUT2D eigenvalue weighted by atomic mass is 10.1. The molecule has 1 amide bonds. The van der Waals surface area contributed by atoms with Crippen molar-refractivity contribution in [3.63, 3.8) is 0 Å². The summed E-state index contributed by atoms with van der Waals surface area (Å²) in [5.41, 5.74) is 2.05. The van der Waals surface area contributed by atoms with Gasteiger partial charge in [0.1, 0.15) is 23.8 Å². The zero-order valence-electron chi connectivity index (χ0n) is 16.3. The number of rotatable bonds is 6. The Morgan fingerprint density at radius 1 is 1.07 bits per heavy atom. The first-order chi connectivity index (χ1) is 14.7. The molecule has 30 heavy (non-hydrogen) atoms. The number of hydrogen-bond acceptors (Lipinski definition) is 6. The molecule has 8 heteroatoms. The quantitative estimate of drug-likeness (QED) is 0.653. The highest BCUT2D eigenvalue weighted by atomic mass is 19.1. The molecule has 1 aliphatic rings. The molecular weight excluding hydrogens is 385 g/mol. The normalized spacial score (nSPS) is 13.7. The molecule has 4 rings (SSSR count). The van der Waals surface area contributed by atoms with Crippen molar-refractivity contribution >= 4 is 23.2 Å². The van der Waals surface area contributed by atoms with E-state index in [-0.39, 0.29) is 11.7 Å². The minimum atomic E-state index is -0.374. The van der Waals surface area contributed by atoms with E-state index in [0.29, 0.717) is 31.0 Å². The highest BCUT2D eigenvalue weighted by molar-refractivity contribution is 6.04. The molecule has 2 aromatic carbocycles. The van der Waals surface area contributed by atoms with Gasteiger partial charge in [0.05, 0.1) is 13.2 Å². The van der Waals surface area contributed by atoms with Gasteiger partial charge in [-0.1, -0.05) is 12.1 Å². The van der Waals surface area contributed by atoms with E-state index in [2.05, 4.69) is 25.5 Å². The van der Waals surface area contributed by atoms with Gasteiger partial charge < -0.3 is 20.3 Å². The highest BCUT2D eigenvalue weighted by Gasteiger charge is 2.13. The molecule has 1 fully saturated rings. The van der Waals surface area contributed by atoms with E-state index in [1.54, 1.807) is 6.33 Å². The number of carbonyl (C=O) groups is 1. The molecule has 154 valence electrons. The number of hydrogen-bond donors (Lipinski definition) is 2. The number of aromatic nitrogens is 2. The molecule has 7 nitrogen and oxygen atoms in total. The van der Waals surface area contributed by atoms with Crippen LogP contribution in [0.2, 0.25) is 0 Å². The second-order valence-electron chi connectivity index (χ2n) is 6.88. The van der Waals surface area contributed by atoms with E-state index >= 15 is 0 Å². The van der Waals surface area contributed by atoms with E-state index in [4.69, 9.17) is 4.74 Å². The van der Waals surface area contributed by atoms with Crippen molar-refractivity contribution in [3.05, 3.63) is 77.9 Å². The third-order valence-electron chi connectivity index (χ3n) is 4.75. The maximum atomic E-state index is 13.0. The molecule has 0 radical (unpaired) electrons. The molecule has 1 aliphatic heterocycles. The summed E-state index contributed by atoms with van der Waals surface area (Å²) in [6, 6.07) is 14.9.